The molecule has 1 aliphatic carbocycles. The molecule has 0 saturated carbocycles. The number of nitrogens with one attached hydrogen (secondary N) is 2. The molecule has 1 aromatic rings. The summed E-state index contributed by atoms with van der Waals surface area (Å²) in [7, 11) is 0. The molecule has 2 amide bonds. The molecule has 1 aromatic carbocycles. The number of rotatable bonds is 4. The number of hydrogen-bond donors (Lipinski definition) is 4. The van der Waals surface area contributed by atoms with Crippen molar-refractivity contribution in [3.05, 3.63) is 29.3 Å². The Morgan fingerprint density at radius 3 is 2.75 bits per heavy atom. The topological polar surface area (TPSA) is 98.7 Å². The van der Waals surface area contributed by atoms with E-state index in [1.807, 2.05) is 12.1 Å². The van der Waals surface area contributed by atoms with Crippen molar-refractivity contribution in [1.82, 2.24) is 5.32 Å². The molecule has 2 rings (SSSR count). The first-order valence-electron chi connectivity index (χ1n) is 6.64. The molecule has 4 N–H and O–H groups in total. The first kappa shape index (κ1) is 14.3. The molecule has 0 heterocycles. The van der Waals surface area contributed by atoms with E-state index < -0.39 is 18.1 Å². The van der Waals surface area contributed by atoms with Crippen LogP contribution in [0, 0.1) is 0 Å². The first-order chi connectivity index (χ1) is 9.58. The van der Waals surface area contributed by atoms with Gasteiger partial charge < -0.3 is 20.8 Å². The van der Waals surface area contributed by atoms with Gasteiger partial charge in [0.25, 0.3) is 0 Å². The Kier molecular flexibility index (Phi) is 4.57. The van der Waals surface area contributed by atoms with Crippen LogP contribution in [0.4, 0.5) is 10.5 Å². The standard InChI is InChI=1S/C14H18N2O4/c17-12(13(18)19)8-15-14(20)16-11-7-3-5-9-4-1-2-6-10(9)11/h3,5,7,12,17H,1-2,4,6,8H2,(H,18,19)(H2,15,16,20). The average Bonchev–Trinajstić information content (AvgIpc) is 2.45. The van der Waals surface area contributed by atoms with Crippen molar-refractivity contribution in [1.29, 1.82) is 0 Å². The number of aryl methyl sites for hydroxylation is 1. The van der Waals surface area contributed by atoms with Gasteiger partial charge in [-0.25, -0.2) is 9.59 Å². The summed E-state index contributed by atoms with van der Waals surface area (Å²) >= 11 is 0. The summed E-state index contributed by atoms with van der Waals surface area (Å²) in [5.74, 6) is -1.36. The minimum Gasteiger partial charge on any atom is -0.479 e. The quantitative estimate of drug-likeness (QED) is 0.663. The third-order valence-electron chi connectivity index (χ3n) is 3.39. The number of urea groups is 1. The maximum atomic E-state index is 11.7. The zero-order valence-corrected chi connectivity index (χ0v) is 11.1. The van der Waals surface area contributed by atoms with Crippen LogP contribution in [0.1, 0.15) is 24.0 Å². The molecule has 108 valence electrons. The Morgan fingerprint density at radius 2 is 2.00 bits per heavy atom. The number of carbonyl (C=O) groups is 2. The number of aliphatic hydroxyl groups is 1. The third-order valence-corrected chi connectivity index (χ3v) is 3.39. The van der Waals surface area contributed by atoms with E-state index >= 15 is 0 Å². The maximum absolute atomic E-state index is 11.7. The SMILES string of the molecule is O=C(NCC(O)C(=O)O)Nc1cccc2c1CCCC2. The van der Waals surface area contributed by atoms with Crippen molar-refractivity contribution in [2.45, 2.75) is 31.8 Å². The Labute approximate surface area is 116 Å². The first-order valence-corrected chi connectivity index (χ1v) is 6.64. The number of hydrogen-bond acceptors (Lipinski definition) is 3. The highest BCUT2D eigenvalue weighted by Crippen LogP contribution is 2.27. The van der Waals surface area contributed by atoms with Crippen molar-refractivity contribution < 1.29 is 19.8 Å². The van der Waals surface area contributed by atoms with Crippen molar-refractivity contribution in [2.75, 3.05) is 11.9 Å². The number of carbonyl (C=O) groups excluding carboxylic acids is 1. The highest BCUT2D eigenvalue weighted by molar-refractivity contribution is 5.90. The van der Waals surface area contributed by atoms with E-state index in [1.165, 1.54) is 5.56 Å². The molecule has 6 heteroatoms. The molecule has 0 fully saturated rings. The summed E-state index contributed by atoms with van der Waals surface area (Å²) in [6.07, 6.45) is 2.62. The molecule has 0 spiro atoms. The van der Waals surface area contributed by atoms with E-state index in [9.17, 15) is 9.59 Å². The number of anilines is 1. The number of benzene rings is 1. The number of carboxylic acids is 1. The lowest BCUT2D eigenvalue weighted by Crippen LogP contribution is -2.38. The molecule has 0 bridgehead atoms. The lowest BCUT2D eigenvalue weighted by Gasteiger charge is -2.19. The van der Waals surface area contributed by atoms with Gasteiger partial charge in [0.15, 0.2) is 6.10 Å². The summed E-state index contributed by atoms with van der Waals surface area (Å²) in [5, 5.41) is 22.7. The summed E-state index contributed by atoms with van der Waals surface area (Å²) < 4.78 is 0. The fourth-order valence-electron chi connectivity index (χ4n) is 2.34. The molecule has 1 aliphatic rings. The Morgan fingerprint density at radius 1 is 1.25 bits per heavy atom. The van der Waals surface area contributed by atoms with Crippen LogP contribution < -0.4 is 10.6 Å². The van der Waals surface area contributed by atoms with Gasteiger partial charge in [-0.05, 0) is 42.9 Å². The lowest BCUT2D eigenvalue weighted by atomic mass is 9.90. The Balaban J connectivity index is 1.96. The van der Waals surface area contributed by atoms with Crippen molar-refractivity contribution in [3.8, 4) is 0 Å². The third kappa shape index (κ3) is 3.48. The van der Waals surface area contributed by atoms with Gasteiger partial charge in [-0.2, -0.15) is 0 Å². The minimum absolute atomic E-state index is 0.323. The van der Waals surface area contributed by atoms with Gasteiger partial charge in [0.05, 0.1) is 6.54 Å². The maximum Gasteiger partial charge on any atom is 0.334 e. The van der Waals surface area contributed by atoms with Crippen LogP contribution in [0.5, 0.6) is 0 Å². The largest absolute Gasteiger partial charge is 0.479 e. The second-order valence-electron chi connectivity index (χ2n) is 4.84. The van der Waals surface area contributed by atoms with Gasteiger partial charge >= 0.3 is 12.0 Å². The van der Waals surface area contributed by atoms with E-state index in [-0.39, 0.29) is 6.54 Å². The van der Waals surface area contributed by atoms with Crippen LogP contribution in [0.2, 0.25) is 0 Å². The Bertz CT molecular complexity index is 516. The molecule has 1 atom stereocenters. The van der Waals surface area contributed by atoms with Crippen LogP contribution in [0.15, 0.2) is 18.2 Å². The van der Waals surface area contributed by atoms with Gasteiger partial charge in [0, 0.05) is 5.69 Å². The summed E-state index contributed by atoms with van der Waals surface area (Å²) in [4.78, 5) is 22.1. The van der Waals surface area contributed by atoms with Gasteiger partial charge in [-0.3, -0.25) is 0 Å². The second-order valence-corrected chi connectivity index (χ2v) is 4.84. The molecule has 0 radical (unpaired) electrons. The second kappa shape index (κ2) is 6.38. The number of aliphatic hydroxyl groups excluding tert-OH is 1. The summed E-state index contributed by atoms with van der Waals surface area (Å²) in [5.41, 5.74) is 3.15. The fourth-order valence-corrected chi connectivity index (χ4v) is 2.34. The zero-order valence-electron chi connectivity index (χ0n) is 11.1. The number of carboxylic acid groups (broad SMARTS) is 1. The minimum atomic E-state index is -1.59. The van der Waals surface area contributed by atoms with Crippen molar-refractivity contribution in [2.24, 2.45) is 0 Å². The molecular weight excluding hydrogens is 260 g/mol. The fraction of sp³-hybridized carbons (Fsp3) is 0.429. The number of aliphatic carboxylic acids is 1. The van der Waals surface area contributed by atoms with Gasteiger partial charge in [0.1, 0.15) is 0 Å². The zero-order chi connectivity index (χ0) is 14.5. The molecule has 0 aromatic heterocycles. The van der Waals surface area contributed by atoms with Crippen LogP contribution in [-0.2, 0) is 17.6 Å². The van der Waals surface area contributed by atoms with Crippen LogP contribution in [0.3, 0.4) is 0 Å². The highest BCUT2D eigenvalue weighted by Gasteiger charge is 2.16. The van der Waals surface area contributed by atoms with Crippen LogP contribution >= 0.6 is 0 Å². The van der Waals surface area contributed by atoms with Crippen molar-refractivity contribution >= 4 is 17.7 Å². The molecular formula is C14H18N2O4. The monoisotopic (exact) mass is 278 g/mol. The Hall–Kier alpha value is -2.08. The number of amides is 2. The van der Waals surface area contributed by atoms with E-state index in [0.717, 1.165) is 36.9 Å². The van der Waals surface area contributed by atoms with Gasteiger partial charge in [-0.1, -0.05) is 12.1 Å². The van der Waals surface area contributed by atoms with Crippen LogP contribution in [0.25, 0.3) is 0 Å². The molecule has 0 saturated heterocycles. The molecule has 1 unspecified atom stereocenters. The summed E-state index contributed by atoms with van der Waals surface area (Å²) in [6, 6.07) is 5.28. The highest BCUT2D eigenvalue weighted by atomic mass is 16.4. The van der Waals surface area contributed by atoms with E-state index in [0.29, 0.717) is 0 Å². The lowest BCUT2D eigenvalue weighted by molar-refractivity contribution is -0.146. The molecule has 0 aliphatic heterocycles. The smallest absolute Gasteiger partial charge is 0.334 e. The van der Waals surface area contributed by atoms with Gasteiger partial charge in [0.2, 0.25) is 0 Å². The molecule has 6 nitrogen and oxygen atoms in total. The van der Waals surface area contributed by atoms with E-state index in [4.69, 9.17) is 10.2 Å². The normalized spacial score (nSPS) is 15.1. The van der Waals surface area contributed by atoms with Crippen molar-refractivity contribution in [3.63, 3.8) is 0 Å². The summed E-state index contributed by atoms with van der Waals surface area (Å²) in [6.45, 7) is -0.323. The van der Waals surface area contributed by atoms with Crippen LogP contribution in [-0.4, -0.2) is 34.9 Å². The molecule has 20 heavy (non-hydrogen) atoms. The average molecular weight is 278 g/mol. The van der Waals surface area contributed by atoms with Gasteiger partial charge in [-0.15, -0.1) is 0 Å². The van der Waals surface area contributed by atoms with E-state index in [2.05, 4.69) is 16.7 Å². The number of fused-ring (bicyclic) bond motifs is 1. The predicted octanol–water partition coefficient (Wildman–Crippen LogP) is 1.13. The predicted molar refractivity (Wildman–Crippen MR) is 73.7 cm³/mol. The van der Waals surface area contributed by atoms with E-state index in [1.54, 1.807) is 0 Å².